The second kappa shape index (κ2) is 13.3. The number of fused-ring (bicyclic) bond motifs is 1. The van der Waals surface area contributed by atoms with E-state index in [4.69, 9.17) is 23.9 Å². The SMILES string of the molecule is CCOc1cc(C(CCC(=O)N(OC(=O)OC(C)(C)C)OC(C)(C)C)N2Cc3cccc([N+](=O)[O-])c3C2=O)ccc1OC. The summed E-state index contributed by atoms with van der Waals surface area (Å²) in [6.45, 7) is 12.2. The summed E-state index contributed by atoms with van der Waals surface area (Å²) in [5, 5.41) is 12.2. The third-order valence-corrected chi connectivity index (χ3v) is 6.13. The van der Waals surface area contributed by atoms with Crippen LogP contribution >= 0.6 is 0 Å². The van der Waals surface area contributed by atoms with Crippen molar-refractivity contribution >= 4 is 23.7 Å². The van der Waals surface area contributed by atoms with E-state index in [1.54, 1.807) is 65.8 Å². The molecule has 0 fully saturated rings. The number of carbonyl (C=O) groups is 3. The number of nitro benzene ring substituents is 1. The summed E-state index contributed by atoms with van der Waals surface area (Å²) in [4.78, 5) is 62.8. The summed E-state index contributed by atoms with van der Waals surface area (Å²) < 4.78 is 16.3. The van der Waals surface area contributed by atoms with Crippen LogP contribution in [0.1, 0.15) is 88.8 Å². The molecule has 3 rings (SSSR count). The zero-order chi connectivity index (χ0) is 32.1. The van der Waals surface area contributed by atoms with Gasteiger partial charge in [0.1, 0.15) is 11.2 Å². The fourth-order valence-electron chi connectivity index (χ4n) is 4.50. The Labute approximate surface area is 250 Å². The predicted molar refractivity (Wildman–Crippen MR) is 154 cm³/mol. The number of hydrogen-bond acceptors (Lipinski definition) is 10. The summed E-state index contributed by atoms with van der Waals surface area (Å²) in [6.07, 6.45) is -1.32. The van der Waals surface area contributed by atoms with Crippen LogP contribution in [0.5, 0.6) is 11.5 Å². The highest BCUT2D eigenvalue weighted by atomic mass is 17.0. The summed E-state index contributed by atoms with van der Waals surface area (Å²) in [5.74, 6) is -0.344. The Balaban J connectivity index is 1.96. The van der Waals surface area contributed by atoms with Gasteiger partial charge in [0.2, 0.25) is 0 Å². The van der Waals surface area contributed by atoms with Gasteiger partial charge in [-0.15, -0.1) is 0 Å². The van der Waals surface area contributed by atoms with Gasteiger partial charge in [0.15, 0.2) is 11.5 Å². The molecule has 0 saturated heterocycles. The van der Waals surface area contributed by atoms with Gasteiger partial charge in [0.25, 0.3) is 17.5 Å². The van der Waals surface area contributed by atoms with Crippen molar-refractivity contribution in [2.24, 2.45) is 0 Å². The number of methoxy groups -OCH3 is 1. The van der Waals surface area contributed by atoms with Crippen LogP contribution in [0, 0.1) is 10.1 Å². The standard InChI is InChI=1S/C30H39N3O10/c1-9-40-24-17-19(13-15-23(24)39-8)21(31-18-20-11-10-12-22(32(37)38)26(20)27(31)35)14-16-25(34)33(43-30(5,6)7)42-28(36)41-29(2,3)4/h10-13,15,17,21H,9,14,16,18H2,1-8H3. The molecule has 1 aliphatic rings. The van der Waals surface area contributed by atoms with Gasteiger partial charge < -0.3 is 19.1 Å². The number of ether oxygens (including phenoxy) is 3. The number of benzene rings is 2. The Hall–Kier alpha value is -4.39. The van der Waals surface area contributed by atoms with Gasteiger partial charge >= 0.3 is 6.16 Å². The van der Waals surface area contributed by atoms with Gasteiger partial charge in [-0.05, 0) is 83.4 Å². The molecule has 0 radical (unpaired) electrons. The summed E-state index contributed by atoms with van der Waals surface area (Å²) >= 11 is 0. The first-order valence-electron chi connectivity index (χ1n) is 13.9. The largest absolute Gasteiger partial charge is 0.536 e. The van der Waals surface area contributed by atoms with Crippen LogP contribution in [-0.4, -0.2) is 57.9 Å². The molecule has 0 bridgehead atoms. The molecule has 234 valence electrons. The third-order valence-electron chi connectivity index (χ3n) is 6.13. The fraction of sp³-hybridized carbons (Fsp3) is 0.500. The van der Waals surface area contributed by atoms with E-state index >= 15 is 0 Å². The summed E-state index contributed by atoms with van der Waals surface area (Å²) in [7, 11) is 1.50. The van der Waals surface area contributed by atoms with Gasteiger partial charge in [-0.2, -0.15) is 0 Å². The van der Waals surface area contributed by atoms with E-state index in [0.717, 1.165) is 0 Å². The van der Waals surface area contributed by atoms with Crippen LogP contribution in [0.25, 0.3) is 0 Å². The van der Waals surface area contributed by atoms with Gasteiger partial charge in [-0.25, -0.2) is 9.63 Å². The summed E-state index contributed by atoms with van der Waals surface area (Å²) in [6, 6.07) is 8.88. The Bertz CT molecular complexity index is 1360. The lowest BCUT2D eigenvalue weighted by Crippen LogP contribution is -2.41. The van der Waals surface area contributed by atoms with Crippen molar-refractivity contribution in [3.8, 4) is 11.5 Å². The highest BCUT2D eigenvalue weighted by molar-refractivity contribution is 6.02. The molecule has 0 N–H and O–H groups in total. The average molecular weight is 602 g/mol. The number of nitrogens with zero attached hydrogens (tertiary/aromatic N) is 3. The number of hydroxylamine groups is 2. The Morgan fingerprint density at radius 1 is 1.07 bits per heavy atom. The summed E-state index contributed by atoms with van der Waals surface area (Å²) in [5.41, 5.74) is -0.963. The van der Waals surface area contributed by atoms with Crippen molar-refractivity contribution in [2.75, 3.05) is 13.7 Å². The number of hydrogen-bond donors (Lipinski definition) is 0. The molecule has 1 atom stereocenters. The van der Waals surface area contributed by atoms with Crippen molar-refractivity contribution in [2.45, 2.75) is 85.1 Å². The maximum Gasteiger partial charge on any atom is 0.536 e. The van der Waals surface area contributed by atoms with Crippen LogP contribution < -0.4 is 9.47 Å². The Morgan fingerprint density at radius 3 is 2.35 bits per heavy atom. The lowest BCUT2D eigenvalue weighted by Gasteiger charge is -2.31. The molecule has 2 aromatic rings. The molecular weight excluding hydrogens is 562 g/mol. The second-order valence-electron chi connectivity index (χ2n) is 11.8. The van der Waals surface area contributed by atoms with Crippen LogP contribution in [0.2, 0.25) is 0 Å². The lowest BCUT2D eigenvalue weighted by molar-refractivity contribution is -0.385. The van der Waals surface area contributed by atoms with E-state index in [1.807, 2.05) is 6.92 Å². The van der Waals surface area contributed by atoms with Crippen LogP contribution in [0.15, 0.2) is 36.4 Å². The smallest absolute Gasteiger partial charge is 0.493 e. The van der Waals surface area contributed by atoms with E-state index in [0.29, 0.717) is 34.5 Å². The zero-order valence-electron chi connectivity index (χ0n) is 25.8. The van der Waals surface area contributed by atoms with Crippen LogP contribution in [0.3, 0.4) is 0 Å². The van der Waals surface area contributed by atoms with Crippen LogP contribution in [0.4, 0.5) is 10.5 Å². The molecule has 1 aliphatic heterocycles. The van der Waals surface area contributed by atoms with E-state index < -0.39 is 40.1 Å². The van der Waals surface area contributed by atoms with Crippen molar-refractivity contribution in [3.05, 3.63) is 63.2 Å². The van der Waals surface area contributed by atoms with Crippen molar-refractivity contribution in [1.82, 2.24) is 10.1 Å². The minimum absolute atomic E-state index is 0.00770. The average Bonchev–Trinajstić information content (AvgIpc) is 3.23. The minimum Gasteiger partial charge on any atom is -0.493 e. The number of amides is 2. The topological polar surface area (TPSA) is 147 Å². The first-order valence-corrected chi connectivity index (χ1v) is 13.9. The molecule has 0 spiro atoms. The van der Waals surface area contributed by atoms with Crippen molar-refractivity contribution in [1.29, 1.82) is 0 Å². The lowest BCUT2D eigenvalue weighted by atomic mass is 9.99. The van der Waals surface area contributed by atoms with E-state index in [2.05, 4.69) is 0 Å². The van der Waals surface area contributed by atoms with Crippen molar-refractivity contribution in [3.63, 3.8) is 0 Å². The Kier molecular flexibility index (Phi) is 10.2. The van der Waals surface area contributed by atoms with Gasteiger partial charge in [0.05, 0.1) is 30.3 Å². The molecular formula is C30H39N3O10. The molecule has 1 heterocycles. The van der Waals surface area contributed by atoms with Gasteiger partial charge in [-0.1, -0.05) is 18.2 Å². The highest BCUT2D eigenvalue weighted by Gasteiger charge is 2.39. The quantitative estimate of drug-likeness (QED) is 0.183. The first kappa shape index (κ1) is 33.1. The Morgan fingerprint density at radius 2 is 1.77 bits per heavy atom. The van der Waals surface area contributed by atoms with Gasteiger partial charge in [0, 0.05) is 19.0 Å². The number of rotatable bonds is 10. The zero-order valence-corrected chi connectivity index (χ0v) is 25.8. The van der Waals surface area contributed by atoms with Crippen LogP contribution in [-0.2, 0) is 25.8 Å². The maximum atomic E-state index is 13.7. The predicted octanol–water partition coefficient (Wildman–Crippen LogP) is 5.90. The minimum atomic E-state index is -1.13. The van der Waals surface area contributed by atoms with E-state index in [-0.39, 0.29) is 30.6 Å². The fourth-order valence-corrected chi connectivity index (χ4v) is 4.50. The molecule has 2 aromatic carbocycles. The highest BCUT2D eigenvalue weighted by Crippen LogP contribution is 2.40. The normalized spacial score (nSPS) is 13.7. The van der Waals surface area contributed by atoms with E-state index in [9.17, 15) is 24.5 Å². The monoisotopic (exact) mass is 601 g/mol. The maximum absolute atomic E-state index is 13.7. The molecule has 0 aromatic heterocycles. The van der Waals surface area contributed by atoms with Crippen molar-refractivity contribution < 1.29 is 43.2 Å². The molecule has 1 unspecified atom stereocenters. The molecule has 0 saturated carbocycles. The number of nitro groups is 1. The molecule has 2 amide bonds. The van der Waals surface area contributed by atoms with E-state index in [1.165, 1.54) is 24.1 Å². The molecule has 13 heteroatoms. The molecule has 0 aliphatic carbocycles. The molecule has 43 heavy (non-hydrogen) atoms. The van der Waals surface area contributed by atoms with Gasteiger partial charge in [-0.3, -0.25) is 24.5 Å². The first-order chi connectivity index (χ1) is 20.0. The second-order valence-corrected chi connectivity index (χ2v) is 11.8. The number of carbonyl (C=O) groups excluding carboxylic acids is 3. The molecule has 13 nitrogen and oxygen atoms in total. The third kappa shape index (κ3) is 8.57.